The molecule has 0 aliphatic carbocycles. The topological polar surface area (TPSA) is 35.8 Å². The van der Waals surface area contributed by atoms with E-state index in [4.69, 9.17) is 5.26 Å². The van der Waals surface area contributed by atoms with E-state index < -0.39 is 0 Å². The lowest BCUT2D eigenvalue weighted by Crippen LogP contribution is -2.21. The third-order valence-electron chi connectivity index (χ3n) is 3.69. The Labute approximate surface area is 127 Å². The molecule has 0 aliphatic rings. The van der Waals surface area contributed by atoms with Crippen LogP contribution in [-0.4, -0.2) is 6.54 Å². The van der Waals surface area contributed by atoms with Gasteiger partial charge in [0.25, 0.3) is 0 Å². The quantitative estimate of drug-likeness (QED) is 0.833. The van der Waals surface area contributed by atoms with Gasteiger partial charge in [-0.3, -0.25) is 0 Å². The third-order valence-corrected chi connectivity index (χ3v) is 3.69. The standard InChI is InChI=1S/C19H22N2/c1-3-12-21-19(4-2)17-10-8-16(9-11-17)18-7-5-6-15(13-18)14-20/h5-11,13,19,21H,3-4,12H2,1-2H3. The Morgan fingerprint density at radius 3 is 2.43 bits per heavy atom. The van der Waals surface area contributed by atoms with E-state index in [1.807, 2.05) is 24.3 Å². The van der Waals surface area contributed by atoms with Crippen molar-refractivity contribution in [1.82, 2.24) is 5.32 Å². The second kappa shape index (κ2) is 7.61. The summed E-state index contributed by atoms with van der Waals surface area (Å²) in [5, 5.41) is 12.6. The van der Waals surface area contributed by atoms with Crippen LogP contribution in [0.5, 0.6) is 0 Å². The van der Waals surface area contributed by atoms with Crippen molar-refractivity contribution in [3.63, 3.8) is 0 Å². The predicted octanol–water partition coefficient (Wildman–Crippen LogP) is 4.68. The van der Waals surface area contributed by atoms with E-state index >= 15 is 0 Å². The number of nitriles is 1. The van der Waals surface area contributed by atoms with E-state index in [2.05, 4.69) is 49.5 Å². The highest BCUT2D eigenvalue weighted by Gasteiger charge is 2.08. The van der Waals surface area contributed by atoms with Crippen molar-refractivity contribution in [2.45, 2.75) is 32.7 Å². The molecule has 0 aliphatic heterocycles. The number of hydrogen-bond acceptors (Lipinski definition) is 2. The van der Waals surface area contributed by atoms with Gasteiger partial charge >= 0.3 is 0 Å². The SMILES string of the molecule is CCCNC(CC)c1ccc(-c2cccc(C#N)c2)cc1. The highest BCUT2D eigenvalue weighted by Crippen LogP contribution is 2.24. The monoisotopic (exact) mass is 278 g/mol. The predicted molar refractivity (Wildman–Crippen MR) is 87.9 cm³/mol. The minimum Gasteiger partial charge on any atom is -0.310 e. The first-order valence-corrected chi connectivity index (χ1v) is 7.62. The summed E-state index contributed by atoms with van der Waals surface area (Å²) in [6.45, 7) is 5.44. The van der Waals surface area contributed by atoms with Crippen LogP contribution in [0.2, 0.25) is 0 Å². The van der Waals surface area contributed by atoms with Crippen molar-refractivity contribution in [2.24, 2.45) is 0 Å². The molecule has 1 N–H and O–H groups in total. The van der Waals surface area contributed by atoms with Gasteiger partial charge in [0.1, 0.15) is 0 Å². The molecule has 2 heteroatoms. The number of nitrogens with one attached hydrogen (secondary N) is 1. The van der Waals surface area contributed by atoms with E-state index in [0.29, 0.717) is 11.6 Å². The maximum atomic E-state index is 8.98. The first-order chi connectivity index (χ1) is 10.3. The van der Waals surface area contributed by atoms with Crippen LogP contribution in [0.15, 0.2) is 48.5 Å². The lowest BCUT2D eigenvalue weighted by atomic mass is 9.98. The highest BCUT2D eigenvalue weighted by atomic mass is 14.9. The van der Waals surface area contributed by atoms with Gasteiger partial charge in [-0.2, -0.15) is 5.26 Å². The molecule has 0 spiro atoms. The molecule has 108 valence electrons. The first-order valence-electron chi connectivity index (χ1n) is 7.62. The summed E-state index contributed by atoms with van der Waals surface area (Å²) in [7, 11) is 0. The van der Waals surface area contributed by atoms with Gasteiger partial charge in [-0.15, -0.1) is 0 Å². The van der Waals surface area contributed by atoms with E-state index in [9.17, 15) is 0 Å². The zero-order chi connectivity index (χ0) is 15.1. The van der Waals surface area contributed by atoms with Crippen LogP contribution < -0.4 is 5.32 Å². The Morgan fingerprint density at radius 2 is 1.81 bits per heavy atom. The summed E-state index contributed by atoms with van der Waals surface area (Å²) < 4.78 is 0. The Bertz CT molecular complexity index is 608. The second-order valence-corrected chi connectivity index (χ2v) is 5.23. The van der Waals surface area contributed by atoms with Gasteiger partial charge in [0.05, 0.1) is 11.6 Å². The Kier molecular flexibility index (Phi) is 5.54. The van der Waals surface area contributed by atoms with Gasteiger partial charge in [-0.05, 0) is 48.2 Å². The largest absolute Gasteiger partial charge is 0.310 e. The smallest absolute Gasteiger partial charge is 0.0991 e. The summed E-state index contributed by atoms with van der Waals surface area (Å²) >= 11 is 0. The molecule has 0 radical (unpaired) electrons. The van der Waals surface area contributed by atoms with Crippen LogP contribution in [0, 0.1) is 11.3 Å². The second-order valence-electron chi connectivity index (χ2n) is 5.23. The molecule has 1 atom stereocenters. The number of nitrogens with zero attached hydrogens (tertiary/aromatic N) is 1. The zero-order valence-electron chi connectivity index (χ0n) is 12.8. The van der Waals surface area contributed by atoms with Gasteiger partial charge < -0.3 is 5.32 Å². The number of hydrogen-bond donors (Lipinski definition) is 1. The first kappa shape index (κ1) is 15.3. The average Bonchev–Trinajstić information content (AvgIpc) is 2.56. The van der Waals surface area contributed by atoms with Crippen LogP contribution in [0.25, 0.3) is 11.1 Å². The van der Waals surface area contributed by atoms with Crippen molar-refractivity contribution in [2.75, 3.05) is 6.54 Å². The lowest BCUT2D eigenvalue weighted by molar-refractivity contribution is 0.518. The fraction of sp³-hybridized carbons (Fsp3) is 0.316. The summed E-state index contributed by atoms with van der Waals surface area (Å²) in [6.07, 6.45) is 2.23. The highest BCUT2D eigenvalue weighted by molar-refractivity contribution is 5.65. The molecule has 0 bridgehead atoms. The van der Waals surface area contributed by atoms with Crippen LogP contribution in [0.1, 0.15) is 43.9 Å². The molecule has 2 aromatic carbocycles. The van der Waals surface area contributed by atoms with Crippen molar-refractivity contribution in [3.05, 3.63) is 59.7 Å². The van der Waals surface area contributed by atoms with Crippen molar-refractivity contribution in [3.8, 4) is 17.2 Å². The number of rotatable bonds is 6. The van der Waals surface area contributed by atoms with Crippen LogP contribution in [-0.2, 0) is 0 Å². The fourth-order valence-electron chi connectivity index (χ4n) is 2.49. The van der Waals surface area contributed by atoms with Crippen molar-refractivity contribution >= 4 is 0 Å². The Hall–Kier alpha value is -2.11. The van der Waals surface area contributed by atoms with Gasteiger partial charge in [-0.25, -0.2) is 0 Å². The molecule has 0 saturated heterocycles. The normalized spacial score (nSPS) is 11.9. The summed E-state index contributed by atoms with van der Waals surface area (Å²) in [5.74, 6) is 0. The molecule has 0 amide bonds. The summed E-state index contributed by atoms with van der Waals surface area (Å²) in [4.78, 5) is 0. The maximum absolute atomic E-state index is 8.98. The van der Waals surface area contributed by atoms with Gasteiger partial charge in [0, 0.05) is 6.04 Å². The molecule has 1 unspecified atom stereocenters. The van der Waals surface area contributed by atoms with Crippen molar-refractivity contribution < 1.29 is 0 Å². The summed E-state index contributed by atoms with van der Waals surface area (Å²) in [6, 6.07) is 19.0. The van der Waals surface area contributed by atoms with Crippen LogP contribution >= 0.6 is 0 Å². The average molecular weight is 278 g/mol. The zero-order valence-corrected chi connectivity index (χ0v) is 12.8. The maximum Gasteiger partial charge on any atom is 0.0991 e. The van der Waals surface area contributed by atoms with Crippen molar-refractivity contribution in [1.29, 1.82) is 5.26 Å². The minimum atomic E-state index is 0.421. The molecule has 2 aromatic rings. The fourth-order valence-corrected chi connectivity index (χ4v) is 2.49. The molecule has 0 heterocycles. The molecular formula is C19H22N2. The molecule has 0 saturated carbocycles. The van der Waals surface area contributed by atoms with E-state index in [0.717, 1.165) is 30.5 Å². The lowest BCUT2D eigenvalue weighted by Gasteiger charge is -2.17. The third kappa shape index (κ3) is 3.93. The Balaban J connectivity index is 2.19. The minimum absolute atomic E-state index is 0.421. The van der Waals surface area contributed by atoms with Gasteiger partial charge in [0.15, 0.2) is 0 Å². The molecular weight excluding hydrogens is 256 g/mol. The van der Waals surface area contributed by atoms with Gasteiger partial charge in [-0.1, -0.05) is 50.2 Å². The van der Waals surface area contributed by atoms with E-state index in [1.165, 1.54) is 5.56 Å². The molecule has 0 aromatic heterocycles. The summed E-state index contributed by atoms with van der Waals surface area (Å²) in [5.41, 5.74) is 4.27. The molecule has 21 heavy (non-hydrogen) atoms. The van der Waals surface area contributed by atoms with E-state index in [1.54, 1.807) is 0 Å². The number of benzene rings is 2. The molecule has 0 fully saturated rings. The van der Waals surface area contributed by atoms with Crippen LogP contribution in [0.3, 0.4) is 0 Å². The Morgan fingerprint density at radius 1 is 1.05 bits per heavy atom. The van der Waals surface area contributed by atoms with Gasteiger partial charge in [0.2, 0.25) is 0 Å². The molecule has 2 rings (SSSR count). The van der Waals surface area contributed by atoms with E-state index in [-0.39, 0.29) is 0 Å². The van der Waals surface area contributed by atoms with Crippen LogP contribution in [0.4, 0.5) is 0 Å². The molecule has 2 nitrogen and oxygen atoms in total.